The molecule has 5 heteroatoms. The molecule has 0 aromatic heterocycles. The lowest BCUT2D eigenvalue weighted by molar-refractivity contribution is -0.121. The van der Waals surface area contributed by atoms with Crippen molar-refractivity contribution in [3.05, 3.63) is 24.3 Å². The van der Waals surface area contributed by atoms with Crippen LogP contribution in [0.15, 0.2) is 24.3 Å². The summed E-state index contributed by atoms with van der Waals surface area (Å²) in [6.45, 7) is 12.4. The molecular weight excluding hydrogens is 330 g/mol. The zero-order chi connectivity index (χ0) is 19.7. The predicted molar refractivity (Wildman–Crippen MR) is 104 cm³/mol. The SMILES string of the molecule is CC(C)CC(Oc1ccc(N2C(=O)CCC2=O)cc1)OC(C)C.CCC. The summed E-state index contributed by atoms with van der Waals surface area (Å²) < 4.78 is 11.7. The number of amides is 2. The maximum atomic E-state index is 11.7. The number of benzene rings is 1. The lowest BCUT2D eigenvalue weighted by Crippen LogP contribution is -2.28. The molecule has 0 N–H and O–H groups in total. The van der Waals surface area contributed by atoms with Crippen molar-refractivity contribution in [1.82, 2.24) is 0 Å². The molecule has 2 amide bonds. The fourth-order valence-electron chi connectivity index (χ4n) is 2.51. The van der Waals surface area contributed by atoms with Gasteiger partial charge >= 0.3 is 0 Å². The van der Waals surface area contributed by atoms with Gasteiger partial charge in [-0.1, -0.05) is 34.1 Å². The number of imide groups is 1. The molecule has 1 heterocycles. The van der Waals surface area contributed by atoms with Crippen LogP contribution in [0.3, 0.4) is 0 Å². The molecular formula is C21H33NO4. The average Bonchev–Trinajstić information content (AvgIpc) is 2.87. The van der Waals surface area contributed by atoms with Gasteiger partial charge in [-0.2, -0.15) is 0 Å². The van der Waals surface area contributed by atoms with E-state index in [-0.39, 0.29) is 37.0 Å². The first-order chi connectivity index (χ1) is 12.3. The Morgan fingerprint density at radius 3 is 1.88 bits per heavy atom. The minimum Gasteiger partial charge on any atom is -0.465 e. The van der Waals surface area contributed by atoms with Crippen molar-refractivity contribution in [2.45, 2.75) is 79.6 Å². The zero-order valence-electron chi connectivity index (χ0n) is 17.0. The second-order valence-electron chi connectivity index (χ2n) is 7.19. The van der Waals surface area contributed by atoms with Crippen LogP contribution in [0.2, 0.25) is 0 Å². The number of anilines is 1. The van der Waals surface area contributed by atoms with Gasteiger partial charge in [0.2, 0.25) is 11.8 Å². The van der Waals surface area contributed by atoms with Crippen molar-refractivity contribution >= 4 is 17.5 Å². The molecule has 1 aliphatic heterocycles. The summed E-state index contributed by atoms with van der Waals surface area (Å²) in [4.78, 5) is 24.7. The molecule has 5 nitrogen and oxygen atoms in total. The number of ether oxygens (including phenoxy) is 2. The minimum atomic E-state index is -0.309. The summed E-state index contributed by atoms with van der Waals surface area (Å²) in [5.74, 6) is 0.825. The van der Waals surface area contributed by atoms with Gasteiger partial charge in [-0.15, -0.1) is 0 Å². The Balaban J connectivity index is 0.00000105. The van der Waals surface area contributed by atoms with E-state index in [1.165, 1.54) is 11.3 Å². The van der Waals surface area contributed by atoms with Gasteiger partial charge < -0.3 is 9.47 Å². The van der Waals surface area contributed by atoms with E-state index >= 15 is 0 Å². The van der Waals surface area contributed by atoms with E-state index in [2.05, 4.69) is 27.7 Å². The lowest BCUT2D eigenvalue weighted by Gasteiger charge is -2.23. The van der Waals surface area contributed by atoms with Crippen LogP contribution in [0.1, 0.15) is 67.2 Å². The maximum absolute atomic E-state index is 11.7. The first-order valence-corrected chi connectivity index (χ1v) is 9.56. The van der Waals surface area contributed by atoms with Gasteiger partial charge in [0.1, 0.15) is 5.75 Å². The van der Waals surface area contributed by atoms with Crippen LogP contribution in [0.5, 0.6) is 5.75 Å². The Hall–Kier alpha value is -1.88. The monoisotopic (exact) mass is 363 g/mol. The van der Waals surface area contributed by atoms with Gasteiger partial charge in [0.15, 0.2) is 6.29 Å². The first kappa shape index (κ1) is 22.2. The van der Waals surface area contributed by atoms with E-state index in [1.54, 1.807) is 24.3 Å². The summed E-state index contributed by atoms with van der Waals surface area (Å²) >= 11 is 0. The van der Waals surface area contributed by atoms with Crippen LogP contribution in [0.4, 0.5) is 5.69 Å². The van der Waals surface area contributed by atoms with E-state index in [9.17, 15) is 9.59 Å². The van der Waals surface area contributed by atoms with E-state index in [1.807, 2.05) is 13.8 Å². The molecule has 1 aliphatic rings. The first-order valence-electron chi connectivity index (χ1n) is 9.56. The largest absolute Gasteiger partial charge is 0.465 e. The summed E-state index contributed by atoms with van der Waals surface area (Å²) in [6.07, 6.45) is 2.39. The molecule has 2 rings (SSSR count). The number of carbonyl (C=O) groups excluding carboxylic acids is 2. The molecule has 1 fully saturated rings. The van der Waals surface area contributed by atoms with Gasteiger partial charge in [-0.25, -0.2) is 0 Å². The van der Waals surface area contributed by atoms with Gasteiger partial charge in [-0.3, -0.25) is 14.5 Å². The third kappa shape index (κ3) is 7.16. The highest BCUT2D eigenvalue weighted by Gasteiger charge is 2.30. The van der Waals surface area contributed by atoms with Crippen molar-refractivity contribution < 1.29 is 19.1 Å². The van der Waals surface area contributed by atoms with Crippen LogP contribution in [0, 0.1) is 5.92 Å². The second-order valence-corrected chi connectivity index (χ2v) is 7.19. The summed E-state index contributed by atoms with van der Waals surface area (Å²) in [6, 6.07) is 7.01. The van der Waals surface area contributed by atoms with Crippen LogP contribution in [0.25, 0.3) is 0 Å². The number of rotatable bonds is 7. The van der Waals surface area contributed by atoms with E-state index in [4.69, 9.17) is 9.47 Å². The van der Waals surface area contributed by atoms with Gasteiger partial charge in [-0.05, 0) is 44.0 Å². The summed E-state index contributed by atoms with van der Waals surface area (Å²) in [7, 11) is 0. The smallest absolute Gasteiger partial charge is 0.234 e. The quantitative estimate of drug-likeness (QED) is 0.509. The van der Waals surface area contributed by atoms with Crippen LogP contribution in [-0.2, 0) is 14.3 Å². The molecule has 1 aromatic carbocycles. The standard InChI is InChI=1S/C18H25NO4.C3H8/c1-12(2)11-18(22-13(3)4)23-15-7-5-14(6-8-15)19-16(20)9-10-17(19)21;1-3-2/h5-8,12-13,18H,9-11H2,1-4H3;3H2,1-2H3. The Morgan fingerprint density at radius 1 is 0.962 bits per heavy atom. The Morgan fingerprint density at radius 2 is 1.46 bits per heavy atom. The molecule has 146 valence electrons. The molecule has 1 unspecified atom stereocenters. The number of nitrogens with zero attached hydrogens (tertiary/aromatic N) is 1. The van der Waals surface area contributed by atoms with Crippen molar-refractivity contribution in [3.8, 4) is 5.75 Å². The van der Waals surface area contributed by atoms with E-state index < -0.39 is 0 Å². The molecule has 1 saturated heterocycles. The van der Waals surface area contributed by atoms with Crippen molar-refractivity contribution in [3.63, 3.8) is 0 Å². The van der Waals surface area contributed by atoms with E-state index in [0.717, 1.165) is 6.42 Å². The third-order valence-electron chi connectivity index (χ3n) is 3.50. The zero-order valence-corrected chi connectivity index (χ0v) is 17.0. The highest BCUT2D eigenvalue weighted by molar-refractivity contribution is 6.19. The van der Waals surface area contributed by atoms with E-state index in [0.29, 0.717) is 17.4 Å². The fourth-order valence-corrected chi connectivity index (χ4v) is 2.51. The average molecular weight is 363 g/mol. The molecule has 0 aliphatic carbocycles. The molecule has 1 atom stereocenters. The molecule has 0 saturated carbocycles. The number of carbonyl (C=O) groups is 2. The minimum absolute atomic E-state index is 0.0814. The predicted octanol–water partition coefficient (Wildman–Crippen LogP) is 4.93. The molecule has 1 aromatic rings. The second kappa shape index (κ2) is 11.0. The number of hydrogen-bond donors (Lipinski definition) is 0. The van der Waals surface area contributed by atoms with Gasteiger partial charge in [0.05, 0.1) is 11.8 Å². The van der Waals surface area contributed by atoms with Crippen LogP contribution in [-0.4, -0.2) is 24.2 Å². The molecule has 0 radical (unpaired) electrons. The third-order valence-corrected chi connectivity index (χ3v) is 3.50. The lowest BCUT2D eigenvalue weighted by atomic mass is 10.1. The Labute approximate surface area is 157 Å². The topological polar surface area (TPSA) is 55.8 Å². The Kier molecular flexibility index (Phi) is 9.35. The number of hydrogen-bond acceptors (Lipinski definition) is 4. The molecule has 0 spiro atoms. The highest BCUT2D eigenvalue weighted by Crippen LogP contribution is 2.26. The highest BCUT2D eigenvalue weighted by atomic mass is 16.7. The summed E-state index contributed by atoms with van der Waals surface area (Å²) in [5.41, 5.74) is 0.593. The molecule has 0 bridgehead atoms. The van der Waals surface area contributed by atoms with Crippen LogP contribution >= 0.6 is 0 Å². The van der Waals surface area contributed by atoms with Gasteiger partial charge in [0.25, 0.3) is 0 Å². The molecule has 26 heavy (non-hydrogen) atoms. The van der Waals surface area contributed by atoms with Crippen molar-refractivity contribution in [2.24, 2.45) is 5.92 Å². The summed E-state index contributed by atoms with van der Waals surface area (Å²) in [5, 5.41) is 0. The van der Waals surface area contributed by atoms with Crippen molar-refractivity contribution in [1.29, 1.82) is 0 Å². The van der Waals surface area contributed by atoms with Crippen molar-refractivity contribution in [2.75, 3.05) is 4.90 Å². The van der Waals surface area contributed by atoms with Crippen LogP contribution < -0.4 is 9.64 Å². The maximum Gasteiger partial charge on any atom is 0.234 e. The normalized spacial score (nSPS) is 15.3. The van der Waals surface area contributed by atoms with Gasteiger partial charge in [0, 0.05) is 19.3 Å². The fraction of sp³-hybridized carbons (Fsp3) is 0.619. The Bertz CT molecular complexity index is 540.